The molecule has 0 nitrogen and oxygen atoms in total. The van der Waals surface area contributed by atoms with E-state index in [9.17, 15) is 0 Å². The van der Waals surface area contributed by atoms with Gasteiger partial charge in [0, 0.05) is 0 Å². The van der Waals surface area contributed by atoms with Crippen molar-refractivity contribution in [2.45, 2.75) is 16.9 Å². The molecule has 0 N–H and O–H groups in total. The van der Waals surface area contributed by atoms with Crippen molar-refractivity contribution in [2.75, 3.05) is 0 Å². The second-order valence-electron chi connectivity index (χ2n) is 2.94. The van der Waals surface area contributed by atoms with Gasteiger partial charge in [0.25, 0.3) is 0 Å². The van der Waals surface area contributed by atoms with E-state index in [1.165, 1.54) is 5.46 Å². The molecule has 12 heavy (non-hydrogen) atoms. The Morgan fingerprint density at radius 1 is 1.42 bits per heavy atom. The fourth-order valence-corrected chi connectivity index (χ4v) is 3.87. The van der Waals surface area contributed by atoms with E-state index < -0.39 is 9.52 Å². The topological polar surface area (TPSA) is 0 Å². The van der Waals surface area contributed by atoms with Crippen LogP contribution in [0.3, 0.4) is 0 Å². The summed E-state index contributed by atoms with van der Waals surface area (Å²) >= 11 is 11.5. The maximum absolute atomic E-state index is 5.75. The van der Waals surface area contributed by atoms with Gasteiger partial charge in [0.15, 0.2) is 0 Å². The number of rotatable bonds is 3. The van der Waals surface area contributed by atoms with E-state index in [0.29, 0.717) is 5.54 Å². The molecule has 4 heteroatoms. The van der Waals surface area contributed by atoms with Gasteiger partial charge in [-0.25, -0.2) is 0 Å². The number of halogens is 2. The molecule has 0 saturated heterocycles. The van der Waals surface area contributed by atoms with Crippen LogP contribution < -0.4 is 0 Å². The summed E-state index contributed by atoms with van der Waals surface area (Å²) in [5.41, 5.74) is 1.93. The second-order valence-corrected chi connectivity index (χ2v) is 7.76. The van der Waals surface area contributed by atoms with Gasteiger partial charge >= 0.3 is 86.2 Å². The van der Waals surface area contributed by atoms with Gasteiger partial charge in [0.2, 0.25) is 0 Å². The van der Waals surface area contributed by atoms with E-state index in [0.717, 1.165) is 0 Å². The minimum absolute atomic E-state index is 0.125. The number of alkyl halides is 2. The van der Waals surface area contributed by atoms with Crippen molar-refractivity contribution in [2.24, 2.45) is 0 Å². The van der Waals surface area contributed by atoms with E-state index in [2.05, 4.69) is 31.9 Å². The average Bonchev–Trinajstić information content (AvgIpc) is 2.05. The molecule has 0 aliphatic heterocycles. The van der Waals surface area contributed by atoms with Crippen LogP contribution in [0.15, 0.2) is 24.2 Å². The van der Waals surface area contributed by atoms with Gasteiger partial charge in [-0.2, -0.15) is 0 Å². The Kier molecular flexibility index (Phi) is 4.33. The van der Waals surface area contributed by atoms with Gasteiger partial charge in [0.05, 0.1) is 0 Å². The summed E-state index contributed by atoms with van der Waals surface area (Å²) < 4.78 is -0.125. The Balaban J connectivity index is 2.59. The van der Waals surface area contributed by atoms with Crippen LogP contribution in [-0.2, 0) is 0 Å². The predicted octanol–water partition coefficient (Wildman–Crippen LogP) is 2.02. The SMILES string of the molecule is CC([SiH2]C(Cl)Cl)c1bcccc1. The first-order chi connectivity index (χ1) is 5.70. The zero-order valence-electron chi connectivity index (χ0n) is 7.00. The van der Waals surface area contributed by atoms with Gasteiger partial charge in [-0.3, -0.25) is 0 Å². The molecule has 1 rings (SSSR count). The third-order valence-electron chi connectivity index (χ3n) is 1.90. The Morgan fingerprint density at radius 2 is 2.17 bits per heavy atom. The molecule has 0 amide bonds. The van der Waals surface area contributed by atoms with E-state index in [-0.39, 0.29) is 4.46 Å². The molecule has 0 aliphatic carbocycles. The monoisotopic (exact) mass is 216 g/mol. The molecule has 0 fully saturated rings. The van der Waals surface area contributed by atoms with Crippen molar-refractivity contribution in [1.82, 2.24) is 0 Å². The number of hydrogen-bond acceptors (Lipinski definition) is 0. The molecule has 1 aromatic heterocycles. The van der Waals surface area contributed by atoms with Gasteiger partial charge in [-0.05, 0) is 0 Å². The summed E-state index contributed by atoms with van der Waals surface area (Å²) in [5.74, 6) is 2.05. The summed E-state index contributed by atoms with van der Waals surface area (Å²) in [6.07, 6.45) is 0. The first-order valence-corrected chi connectivity index (χ1v) is 6.54. The van der Waals surface area contributed by atoms with Gasteiger partial charge < -0.3 is 0 Å². The van der Waals surface area contributed by atoms with Crippen molar-refractivity contribution in [1.29, 1.82) is 0 Å². The third-order valence-corrected chi connectivity index (χ3v) is 4.50. The van der Waals surface area contributed by atoms with Crippen molar-refractivity contribution >= 4 is 39.6 Å². The Labute approximate surface area is 86.3 Å². The normalized spacial score (nSPS) is 14.0. The Hall–Kier alpha value is 0.212. The van der Waals surface area contributed by atoms with E-state index in [4.69, 9.17) is 23.2 Å². The fourth-order valence-electron chi connectivity index (χ4n) is 1.18. The molecule has 0 radical (unpaired) electrons. The molecule has 0 bridgehead atoms. The zero-order chi connectivity index (χ0) is 8.97. The molecular formula is C8H11BCl2Si. The van der Waals surface area contributed by atoms with Crippen molar-refractivity contribution < 1.29 is 0 Å². The van der Waals surface area contributed by atoms with Crippen molar-refractivity contribution in [3.8, 4) is 0 Å². The van der Waals surface area contributed by atoms with Crippen LogP contribution in [0.25, 0.3) is 0 Å². The summed E-state index contributed by atoms with van der Waals surface area (Å²) in [7, 11) is -0.397. The minimum atomic E-state index is -0.397. The van der Waals surface area contributed by atoms with Crippen LogP contribution in [0, 0.1) is 0 Å². The van der Waals surface area contributed by atoms with Gasteiger partial charge in [0.1, 0.15) is 0 Å². The quantitative estimate of drug-likeness (QED) is 0.536. The molecule has 0 aliphatic rings. The van der Waals surface area contributed by atoms with Crippen LogP contribution >= 0.6 is 23.2 Å². The Morgan fingerprint density at radius 3 is 2.67 bits per heavy atom. The third kappa shape index (κ3) is 3.30. The standard InChI is InChI=1S/C8H11BCl2Si/c1-6(12-8(10)11)7-4-2-3-5-9-7/h2-6,8H,12H2,1H3. The van der Waals surface area contributed by atoms with E-state index in [1.54, 1.807) is 0 Å². The summed E-state index contributed by atoms with van der Waals surface area (Å²) in [5, 5.41) is 0. The van der Waals surface area contributed by atoms with E-state index >= 15 is 0 Å². The molecule has 1 heterocycles. The molecule has 0 spiro atoms. The zero-order valence-corrected chi connectivity index (χ0v) is 9.93. The molecule has 64 valence electrons. The van der Waals surface area contributed by atoms with Crippen LogP contribution in [0.2, 0.25) is 0 Å². The van der Waals surface area contributed by atoms with Crippen LogP contribution in [0.5, 0.6) is 0 Å². The summed E-state index contributed by atoms with van der Waals surface area (Å²) in [6.45, 7) is 4.33. The summed E-state index contributed by atoms with van der Waals surface area (Å²) in [4.78, 5) is 0. The Bertz CT molecular complexity index is 228. The second kappa shape index (κ2) is 5.05. The molecule has 0 saturated carbocycles. The average molecular weight is 217 g/mol. The van der Waals surface area contributed by atoms with Crippen molar-refractivity contribution in [3.63, 3.8) is 0 Å². The summed E-state index contributed by atoms with van der Waals surface area (Å²) in [6, 6.07) is 6.21. The van der Waals surface area contributed by atoms with Gasteiger partial charge in [-0.15, -0.1) is 0 Å². The first-order valence-electron chi connectivity index (χ1n) is 4.03. The molecular weight excluding hydrogens is 206 g/mol. The van der Waals surface area contributed by atoms with E-state index in [1.807, 2.05) is 6.07 Å². The molecule has 1 atom stereocenters. The van der Waals surface area contributed by atoms with Crippen LogP contribution in [0.4, 0.5) is 0 Å². The first kappa shape index (κ1) is 10.3. The van der Waals surface area contributed by atoms with Crippen molar-refractivity contribution in [3.05, 3.63) is 29.6 Å². The predicted molar refractivity (Wildman–Crippen MR) is 60.2 cm³/mol. The fraction of sp³-hybridized carbons (Fsp3) is 0.375. The number of hydrogen-bond donors (Lipinski definition) is 0. The molecule has 0 aromatic carbocycles. The van der Waals surface area contributed by atoms with Crippen LogP contribution in [-0.4, -0.2) is 20.9 Å². The maximum atomic E-state index is 5.75. The molecule has 1 unspecified atom stereocenters. The van der Waals surface area contributed by atoms with Crippen LogP contribution in [0.1, 0.15) is 17.9 Å². The van der Waals surface area contributed by atoms with Gasteiger partial charge in [-0.1, -0.05) is 0 Å². The molecule has 1 aromatic rings.